The van der Waals surface area contributed by atoms with Gasteiger partial charge in [0.05, 0.1) is 6.61 Å². The zero-order valence-corrected chi connectivity index (χ0v) is 14.1. The van der Waals surface area contributed by atoms with Gasteiger partial charge in [0.15, 0.2) is 13.6 Å². The van der Waals surface area contributed by atoms with Gasteiger partial charge in [0.2, 0.25) is 0 Å². The normalized spacial score (nSPS) is 13.7. The maximum absolute atomic E-state index is 12.4. The van der Waals surface area contributed by atoms with Crippen LogP contribution in [-0.4, -0.2) is 40.4 Å². The lowest BCUT2D eigenvalue weighted by Crippen LogP contribution is -2.14. The van der Waals surface area contributed by atoms with Crippen molar-refractivity contribution in [3.8, 4) is 11.5 Å². The van der Waals surface area contributed by atoms with Crippen molar-refractivity contribution in [2.24, 2.45) is 0 Å². The summed E-state index contributed by atoms with van der Waals surface area (Å²) in [5.41, 5.74) is 2.08. The van der Waals surface area contributed by atoms with Crippen LogP contribution < -0.4 is 9.47 Å². The second-order valence-corrected chi connectivity index (χ2v) is 5.41. The number of aryl methyl sites for hydroxylation is 1. The third-order valence-electron chi connectivity index (χ3n) is 3.60. The fourth-order valence-electron chi connectivity index (χ4n) is 2.50. The lowest BCUT2D eigenvalue weighted by atomic mass is 9.98. The summed E-state index contributed by atoms with van der Waals surface area (Å²) in [4.78, 5) is 12.4. The molecule has 0 N–H and O–H groups in total. The summed E-state index contributed by atoms with van der Waals surface area (Å²) in [5.74, 6) is 1.11. The Morgan fingerprint density at radius 1 is 1.17 bits per heavy atom. The number of carbonyl (C=O) groups is 1. The summed E-state index contributed by atoms with van der Waals surface area (Å²) in [6, 6.07) is 1.85. The predicted molar refractivity (Wildman–Crippen MR) is 84.1 cm³/mol. The van der Waals surface area contributed by atoms with Crippen LogP contribution in [0.4, 0.5) is 0 Å². The molecule has 1 aliphatic rings. The molecule has 1 aromatic rings. The fraction of sp³-hybridized carbons (Fsp3) is 0.588. The molecule has 2 rings (SSSR count). The van der Waals surface area contributed by atoms with Crippen molar-refractivity contribution < 1.29 is 28.5 Å². The molecule has 0 heterocycles. The summed E-state index contributed by atoms with van der Waals surface area (Å²) in [6.07, 6.45) is 2.08. The smallest absolute Gasteiger partial charge is 0.342 e. The van der Waals surface area contributed by atoms with Crippen LogP contribution in [0, 0.1) is 6.92 Å². The van der Waals surface area contributed by atoms with E-state index in [1.165, 1.54) is 0 Å². The highest BCUT2D eigenvalue weighted by Gasteiger charge is 2.34. The SMILES string of the molecule is CCOC(=O)c1c(C)cc(OCOC)c(C2CC2)c1OCOC. The molecule has 128 valence electrons. The van der Waals surface area contributed by atoms with Gasteiger partial charge in [-0.1, -0.05) is 0 Å². The van der Waals surface area contributed by atoms with Gasteiger partial charge in [-0.15, -0.1) is 0 Å². The van der Waals surface area contributed by atoms with Crippen molar-refractivity contribution in [2.75, 3.05) is 34.4 Å². The molecule has 6 nitrogen and oxygen atoms in total. The molecule has 0 bridgehead atoms. The highest BCUT2D eigenvalue weighted by Crippen LogP contribution is 2.51. The maximum Gasteiger partial charge on any atom is 0.342 e. The zero-order valence-electron chi connectivity index (χ0n) is 14.1. The second kappa shape index (κ2) is 8.17. The Morgan fingerprint density at radius 2 is 1.83 bits per heavy atom. The molecule has 6 heteroatoms. The van der Waals surface area contributed by atoms with Crippen molar-refractivity contribution in [3.05, 3.63) is 22.8 Å². The van der Waals surface area contributed by atoms with Gasteiger partial charge in [-0.3, -0.25) is 0 Å². The monoisotopic (exact) mass is 324 g/mol. The van der Waals surface area contributed by atoms with Crippen LogP contribution in [0.5, 0.6) is 11.5 Å². The molecule has 0 unspecified atom stereocenters. The van der Waals surface area contributed by atoms with E-state index in [1.807, 2.05) is 13.0 Å². The van der Waals surface area contributed by atoms with E-state index in [2.05, 4.69) is 0 Å². The van der Waals surface area contributed by atoms with Gasteiger partial charge < -0.3 is 23.7 Å². The summed E-state index contributed by atoms with van der Waals surface area (Å²) in [5, 5.41) is 0. The third kappa shape index (κ3) is 4.14. The van der Waals surface area contributed by atoms with E-state index >= 15 is 0 Å². The summed E-state index contributed by atoms with van der Waals surface area (Å²) >= 11 is 0. The third-order valence-corrected chi connectivity index (χ3v) is 3.60. The van der Waals surface area contributed by atoms with Crippen LogP contribution in [0.1, 0.15) is 47.2 Å². The number of esters is 1. The van der Waals surface area contributed by atoms with E-state index in [-0.39, 0.29) is 13.6 Å². The summed E-state index contributed by atoms with van der Waals surface area (Å²) < 4.78 is 26.6. The van der Waals surface area contributed by atoms with E-state index in [4.69, 9.17) is 23.7 Å². The number of carbonyl (C=O) groups excluding carboxylic acids is 1. The molecular formula is C17H24O6. The first-order chi connectivity index (χ1) is 11.1. The topological polar surface area (TPSA) is 63.2 Å². The van der Waals surface area contributed by atoms with Crippen LogP contribution in [0.15, 0.2) is 6.07 Å². The van der Waals surface area contributed by atoms with E-state index in [0.29, 0.717) is 29.6 Å². The number of ether oxygens (including phenoxy) is 5. The lowest BCUT2D eigenvalue weighted by molar-refractivity contribution is 0.0406. The Hall–Kier alpha value is -1.79. The first-order valence-electron chi connectivity index (χ1n) is 7.72. The van der Waals surface area contributed by atoms with Crippen molar-refractivity contribution in [1.82, 2.24) is 0 Å². The molecule has 0 spiro atoms. The molecule has 0 amide bonds. The Morgan fingerprint density at radius 3 is 2.39 bits per heavy atom. The molecule has 0 radical (unpaired) electrons. The van der Waals surface area contributed by atoms with E-state index in [1.54, 1.807) is 21.1 Å². The fourth-order valence-corrected chi connectivity index (χ4v) is 2.50. The first-order valence-corrected chi connectivity index (χ1v) is 7.72. The van der Waals surface area contributed by atoms with Gasteiger partial charge in [0.1, 0.15) is 17.1 Å². The number of hydrogen-bond donors (Lipinski definition) is 0. The molecule has 1 aliphatic carbocycles. The largest absolute Gasteiger partial charge is 0.467 e. The summed E-state index contributed by atoms with van der Waals surface area (Å²) in [6.45, 7) is 4.12. The highest BCUT2D eigenvalue weighted by atomic mass is 16.7. The van der Waals surface area contributed by atoms with Crippen molar-refractivity contribution in [2.45, 2.75) is 32.6 Å². The predicted octanol–water partition coefficient (Wildman–Crippen LogP) is 3.01. The van der Waals surface area contributed by atoms with Crippen LogP contribution in [0.2, 0.25) is 0 Å². The minimum atomic E-state index is -0.392. The van der Waals surface area contributed by atoms with Gasteiger partial charge in [-0.05, 0) is 44.2 Å². The average Bonchev–Trinajstić information content (AvgIpc) is 3.35. The van der Waals surface area contributed by atoms with Crippen LogP contribution in [-0.2, 0) is 14.2 Å². The maximum atomic E-state index is 12.4. The molecule has 23 heavy (non-hydrogen) atoms. The van der Waals surface area contributed by atoms with Crippen LogP contribution in [0.25, 0.3) is 0 Å². The van der Waals surface area contributed by atoms with Gasteiger partial charge in [-0.25, -0.2) is 4.79 Å². The molecular weight excluding hydrogens is 300 g/mol. The number of methoxy groups -OCH3 is 2. The Labute approximate surface area is 136 Å². The molecule has 0 atom stereocenters. The lowest BCUT2D eigenvalue weighted by Gasteiger charge is -2.20. The molecule has 1 fully saturated rings. The number of hydrogen-bond acceptors (Lipinski definition) is 6. The van der Waals surface area contributed by atoms with E-state index in [0.717, 1.165) is 24.0 Å². The van der Waals surface area contributed by atoms with Crippen molar-refractivity contribution >= 4 is 5.97 Å². The second-order valence-electron chi connectivity index (χ2n) is 5.41. The van der Waals surface area contributed by atoms with Crippen molar-refractivity contribution in [1.29, 1.82) is 0 Å². The quantitative estimate of drug-likeness (QED) is 0.514. The number of rotatable bonds is 9. The average molecular weight is 324 g/mol. The minimum Gasteiger partial charge on any atom is -0.467 e. The van der Waals surface area contributed by atoms with Crippen molar-refractivity contribution in [3.63, 3.8) is 0 Å². The van der Waals surface area contributed by atoms with E-state index < -0.39 is 5.97 Å². The van der Waals surface area contributed by atoms with Gasteiger partial charge in [0.25, 0.3) is 0 Å². The standard InChI is InChI=1S/C17H24O6/c1-5-21-17(18)14-11(2)8-13(22-9-19-3)15(12-6-7-12)16(14)23-10-20-4/h8,12H,5-7,9-10H2,1-4H3. The van der Waals surface area contributed by atoms with E-state index in [9.17, 15) is 4.79 Å². The first kappa shape index (κ1) is 17.6. The molecule has 0 saturated heterocycles. The summed E-state index contributed by atoms with van der Waals surface area (Å²) in [7, 11) is 3.11. The van der Waals surface area contributed by atoms with Crippen LogP contribution >= 0.6 is 0 Å². The van der Waals surface area contributed by atoms with Gasteiger partial charge in [-0.2, -0.15) is 0 Å². The molecule has 1 aromatic carbocycles. The van der Waals surface area contributed by atoms with Gasteiger partial charge in [0, 0.05) is 19.8 Å². The Kier molecular flexibility index (Phi) is 6.24. The van der Waals surface area contributed by atoms with Crippen LogP contribution in [0.3, 0.4) is 0 Å². The highest BCUT2D eigenvalue weighted by molar-refractivity contribution is 5.95. The molecule has 0 aromatic heterocycles. The zero-order chi connectivity index (χ0) is 16.8. The Bertz CT molecular complexity index is 551. The number of benzene rings is 1. The molecule has 0 aliphatic heterocycles. The molecule has 1 saturated carbocycles. The Balaban J connectivity index is 2.51. The van der Waals surface area contributed by atoms with Gasteiger partial charge >= 0.3 is 5.97 Å². The minimum absolute atomic E-state index is 0.0549.